The molecular weight excluding hydrogens is 2090 g/mol. The first kappa shape index (κ1) is 90.3. The zero-order valence-electron chi connectivity index (χ0n) is 71.7. The van der Waals surface area contributed by atoms with Crippen LogP contribution in [0.15, 0.2) is 429 Å². The summed E-state index contributed by atoms with van der Waals surface area (Å²) in [5.74, 6) is 0.147. The van der Waals surface area contributed by atoms with Crippen LogP contribution >= 0.6 is 125 Å². The molecule has 0 saturated heterocycles. The van der Waals surface area contributed by atoms with Gasteiger partial charge in [-0.25, -0.2) is 0 Å². The Hall–Kier alpha value is -12.9. The summed E-state index contributed by atoms with van der Waals surface area (Å²) in [6.45, 7) is 0. The fourth-order valence-electron chi connectivity index (χ4n) is 17.9. The zero-order chi connectivity index (χ0) is 90.7. The van der Waals surface area contributed by atoms with E-state index in [9.17, 15) is 5.11 Å². The Kier molecular flexibility index (Phi) is 27.0. The van der Waals surface area contributed by atoms with Crippen LogP contribution in [0.5, 0.6) is 5.75 Å². The van der Waals surface area contributed by atoms with E-state index in [1.54, 1.807) is 24.3 Å². The topological polar surface area (TPSA) is 101 Å². The molecule has 0 bridgehead atoms. The van der Waals surface area contributed by atoms with Gasteiger partial charge in [-0.2, -0.15) is 0 Å². The molecule has 0 aliphatic rings. The summed E-state index contributed by atoms with van der Waals surface area (Å²) in [6, 6.07) is 140. The molecule has 2 N–H and O–H groups in total. The molecule has 0 saturated carbocycles. The van der Waals surface area contributed by atoms with E-state index >= 15 is 0 Å². The average Bonchev–Trinajstić information content (AvgIpc) is 1.55. The predicted molar refractivity (Wildman–Crippen MR) is 603 cm³/mol. The largest absolute Gasteiger partial charge is 0.507 e. The number of halogens is 6. The molecule has 0 spiro atoms. The van der Waals surface area contributed by atoms with Crippen molar-refractivity contribution in [2.45, 2.75) is 7.43 Å². The van der Waals surface area contributed by atoms with Crippen LogP contribution in [-0.4, -0.2) is 19.9 Å². The quantitative estimate of drug-likeness (QED) is 0.103. The molecule has 0 radical (unpaired) electrons. The van der Waals surface area contributed by atoms with Crippen molar-refractivity contribution in [3.8, 4) is 61.4 Å². The van der Waals surface area contributed by atoms with E-state index in [4.69, 9.17) is 56.9 Å². The van der Waals surface area contributed by atoms with Crippen LogP contribution in [0.1, 0.15) is 7.43 Å². The van der Waals surface area contributed by atoms with Gasteiger partial charge in [0.15, 0.2) is 0 Å². The van der Waals surface area contributed by atoms with Crippen LogP contribution in [0.4, 0.5) is 28.4 Å². The van der Waals surface area contributed by atoms with Crippen molar-refractivity contribution in [2.75, 3.05) is 25.0 Å². The molecule has 7 heterocycles. The molecule has 0 unspecified atom stereocenters. The number of furan rings is 5. The van der Waals surface area contributed by atoms with Gasteiger partial charge in [0, 0.05) is 103 Å². The number of phenolic OH excluding ortho intramolecular Hbond substituents is 1. The second-order valence-electron chi connectivity index (χ2n) is 31.3. The maximum absolute atomic E-state index is 10.2. The van der Waals surface area contributed by atoms with Gasteiger partial charge in [0.05, 0.1) is 57.7 Å². The number of nitrogens with zero attached hydrogens (tertiary/aromatic N) is 1. The minimum Gasteiger partial charge on any atom is -0.507 e. The summed E-state index contributed by atoms with van der Waals surface area (Å²) in [4.78, 5) is 8.31. The minimum atomic E-state index is 0. The van der Waals surface area contributed by atoms with Crippen molar-refractivity contribution >= 4 is 304 Å². The van der Waals surface area contributed by atoms with E-state index in [1.807, 2.05) is 141 Å². The normalized spacial score (nSPS) is 11.1. The lowest BCUT2D eigenvalue weighted by molar-refractivity contribution is 0.477. The molecule has 0 atom stereocenters. The van der Waals surface area contributed by atoms with Gasteiger partial charge in [0.1, 0.15) is 61.6 Å². The lowest BCUT2D eigenvalue weighted by Crippen LogP contribution is -2.10. The number of aromatic hydroxyl groups is 1. The first-order valence-corrected chi connectivity index (χ1v) is 52.1. The molecule has 654 valence electrons. The third-order valence-corrected chi connectivity index (χ3v) is 27.2. The molecule has 19 aromatic carbocycles. The number of anilines is 5. The van der Waals surface area contributed by atoms with Crippen LogP contribution in [0, 0.1) is 0 Å². The van der Waals surface area contributed by atoms with Crippen LogP contribution in [0.25, 0.3) is 206 Å². The molecule has 26 rings (SSSR count). The number of phenols is 1. The van der Waals surface area contributed by atoms with Crippen LogP contribution in [0.3, 0.4) is 0 Å². The van der Waals surface area contributed by atoms with Gasteiger partial charge in [0.25, 0.3) is 0 Å². The summed E-state index contributed by atoms with van der Waals surface area (Å²) in [5.41, 5.74) is 24.3. The number of alkyl halides is 3. The van der Waals surface area contributed by atoms with Gasteiger partial charge in [-0.1, -0.05) is 413 Å². The highest BCUT2D eigenvalue weighted by atomic mass is 127. The Bertz CT molecular complexity index is 8750. The Morgan fingerprint density at radius 1 is 0.269 bits per heavy atom. The standard InChI is InChI=1S/C48H29NO2S.C30H21NS.C18H10Cl2O2.C18H9ClO2.3CH3I.CH4/c1-2-11-30(12-3-1)31-21-23-32(24-22-31)33-25-27-34(28-26-33)49(39-17-10-16-36-35-13-6-9-20-44(35)52-48(36)39)40-29-43-46(38-15-5-7-18-41(38)50-43)47-45(40)37-14-4-8-19-42(37)51-47;1-2-7-21(8-3-1)22-13-15-23(16-14-22)24-17-19-25(20-18-24)31-28-11-6-10-27-26-9-4-5-12-29(26)32-30(27)28;19-12-9-13(20)17-11-6-2-4-8-15(11)22-18(17)16(12)10-5-1-3-7-14(10)21;19-12-9-15-17(11-6-2-3-7-13(11)20-15)18-16(12)10-5-1-4-8-14(10)21-18;3*1-2;/h1-29H;1-20,31H;1-9,21H;1-9H;3*1H3;1H4. The van der Waals surface area contributed by atoms with Crippen LogP contribution < -0.4 is 10.2 Å². The van der Waals surface area contributed by atoms with E-state index < -0.39 is 0 Å². The molecule has 16 heteroatoms. The number of thiophene rings is 2. The van der Waals surface area contributed by atoms with Crippen LogP contribution in [0.2, 0.25) is 15.1 Å². The number of para-hydroxylation sites is 6. The number of hydrogen-bond donors (Lipinski definition) is 2. The molecule has 7 aromatic heterocycles. The van der Waals surface area contributed by atoms with Gasteiger partial charge >= 0.3 is 0 Å². The summed E-state index contributed by atoms with van der Waals surface area (Å²) < 4.78 is 36.4. The summed E-state index contributed by atoms with van der Waals surface area (Å²) in [6.07, 6.45) is 0. The lowest BCUT2D eigenvalue weighted by atomic mass is 9.99. The van der Waals surface area contributed by atoms with Gasteiger partial charge < -0.3 is 37.4 Å². The Balaban J connectivity index is 0.000000121. The highest BCUT2D eigenvalue weighted by Crippen LogP contribution is 2.53. The van der Waals surface area contributed by atoms with E-state index in [-0.39, 0.29) is 13.2 Å². The summed E-state index contributed by atoms with van der Waals surface area (Å²) in [7, 11) is 0. The smallest absolute Gasteiger partial charge is 0.149 e. The second kappa shape index (κ2) is 40.1. The molecule has 26 aromatic rings. The highest BCUT2D eigenvalue weighted by molar-refractivity contribution is 14.1. The minimum absolute atomic E-state index is 0. The fourth-order valence-corrected chi connectivity index (χ4v) is 21.2. The van der Waals surface area contributed by atoms with E-state index in [0.717, 1.165) is 138 Å². The monoisotopic (exact) mass is 2170 g/mol. The number of fused-ring (bicyclic) bond motifs is 23. The van der Waals surface area contributed by atoms with Crippen molar-refractivity contribution in [3.05, 3.63) is 422 Å². The van der Waals surface area contributed by atoms with E-state index in [0.29, 0.717) is 31.8 Å². The Morgan fingerprint density at radius 3 is 1.10 bits per heavy atom. The van der Waals surface area contributed by atoms with Crippen molar-refractivity contribution in [2.24, 2.45) is 0 Å². The zero-order valence-corrected chi connectivity index (χ0v) is 82.1. The molecule has 0 amide bonds. The molecule has 134 heavy (non-hydrogen) atoms. The van der Waals surface area contributed by atoms with Gasteiger partial charge in [-0.05, 0) is 150 Å². The third kappa shape index (κ3) is 17.2. The fraction of sp³-hybridized carbons (Fsp3) is 0.0339. The first-order valence-electron chi connectivity index (χ1n) is 42.9. The third-order valence-electron chi connectivity index (χ3n) is 23.8. The van der Waals surface area contributed by atoms with E-state index in [1.165, 1.54) is 79.3 Å². The van der Waals surface area contributed by atoms with Crippen molar-refractivity contribution in [3.63, 3.8) is 0 Å². The average molecular weight is 2180 g/mol. The Morgan fingerprint density at radius 2 is 0.612 bits per heavy atom. The second-order valence-corrected chi connectivity index (χ2v) is 34.7. The van der Waals surface area contributed by atoms with Gasteiger partial charge in [-0.3, -0.25) is 0 Å². The predicted octanol–water partition coefficient (Wildman–Crippen LogP) is 40.0. The molecule has 0 aliphatic heterocycles. The molecule has 0 aliphatic carbocycles. The number of rotatable bonds is 10. The van der Waals surface area contributed by atoms with Gasteiger partial charge in [-0.15, -0.1) is 22.7 Å². The number of nitrogens with one attached hydrogen (secondary N) is 1. The first-order chi connectivity index (χ1) is 65.6. The Labute approximate surface area is 837 Å². The number of hydrogen-bond acceptors (Lipinski definition) is 10. The molecule has 8 nitrogen and oxygen atoms in total. The van der Waals surface area contributed by atoms with Crippen LogP contribution in [-0.2, 0) is 0 Å². The highest BCUT2D eigenvalue weighted by Gasteiger charge is 2.28. The summed E-state index contributed by atoms with van der Waals surface area (Å²) >= 11 is 29.4. The molecule has 0 fully saturated rings. The molecular formula is C118H82Cl3I3N2O6S2. The van der Waals surface area contributed by atoms with E-state index in [2.05, 4.69) is 357 Å². The summed E-state index contributed by atoms with van der Waals surface area (Å²) in [5, 5.41) is 30.5. The van der Waals surface area contributed by atoms with Crippen molar-refractivity contribution < 1.29 is 27.2 Å². The number of benzene rings is 19. The van der Waals surface area contributed by atoms with Crippen molar-refractivity contribution in [1.29, 1.82) is 0 Å². The maximum atomic E-state index is 10.2. The SMILES string of the molecule is C.CI.CI.CI.Clc1cc2oc3ccccc3c2c2oc3ccccc3c12.Oc1ccccc1-c1c(Cl)cc(Cl)c2c1oc1ccccc12.c1ccc(-c2ccc(-c3ccc(N(c4cccc5c4sc4ccccc45)c4cc5oc6ccccc6c5c5oc6ccccc6c45)cc3)cc2)cc1.c1ccc(-c2ccc(-c3ccc(Nc4cccc5c4sc4ccccc45)cc3)cc2)cc1. The van der Waals surface area contributed by atoms with Gasteiger partial charge in [0.2, 0.25) is 0 Å². The van der Waals surface area contributed by atoms with Crippen molar-refractivity contribution in [1.82, 2.24) is 0 Å². The lowest BCUT2D eigenvalue weighted by Gasteiger charge is -2.27. The maximum Gasteiger partial charge on any atom is 0.149 e.